The summed E-state index contributed by atoms with van der Waals surface area (Å²) in [5.74, 6) is 0.209. The quantitative estimate of drug-likeness (QED) is 0.736. The van der Waals surface area contributed by atoms with Gasteiger partial charge in [0.1, 0.15) is 17.6 Å². The van der Waals surface area contributed by atoms with E-state index in [9.17, 15) is 0 Å². The van der Waals surface area contributed by atoms with Gasteiger partial charge in [-0.1, -0.05) is 0 Å². The Labute approximate surface area is 86.2 Å². The number of anilines is 1. The number of nitriles is 1. The molecule has 72 valence electrons. The van der Waals surface area contributed by atoms with Gasteiger partial charge in [0.05, 0.1) is 17.5 Å². The summed E-state index contributed by atoms with van der Waals surface area (Å²) in [5.41, 5.74) is 7.19. The molecule has 5 nitrogen and oxygen atoms in total. The molecule has 2 N–H and O–H groups in total. The van der Waals surface area contributed by atoms with Crippen LogP contribution in [0.5, 0.6) is 0 Å². The maximum Gasteiger partial charge on any atom is 0.142 e. The van der Waals surface area contributed by atoms with Crippen LogP contribution in [0.1, 0.15) is 5.56 Å². The molecule has 0 bridgehead atoms. The van der Waals surface area contributed by atoms with Gasteiger partial charge in [-0.25, -0.2) is 4.98 Å². The highest BCUT2D eigenvalue weighted by Crippen LogP contribution is 2.16. The van der Waals surface area contributed by atoms with Gasteiger partial charge < -0.3 is 5.73 Å². The Bertz CT molecular complexity index is 515. The van der Waals surface area contributed by atoms with E-state index in [0.29, 0.717) is 17.0 Å². The fourth-order valence-electron chi connectivity index (χ4n) is 1.14. The first-order valence-corrected chi connectivity index (χ1v) is 4.24. The topological polar surface area (TPSA) is 88.5 Å². The molecule has 15 heavy (non-hydrogen) atoms. The van der Waals surface area contributed by atoms with Crippen LogP contribution in [0.4, 0.5) is 5.82 Å². The van der Waals surface area contributed by atoms with Crippen molar-refractivity contribution >= 4 is 5.82 Å². The Morgan fingerprint density at radius 2 is 2.07 bits per heavy atom. The van der Waals surface area contributed by atoms with Crippen LogP contribution in [0.3, 0.4) is 0 Å². The number of hydrogen-bond acceptors (Lipinski definition) is 5. The number of nitrogen functional groups attached to an aromatic ring is 1. The molecule has 0 spiro atoms. The van der Waals surface area contributed by atoms with Gasteiger partial charge in [0.15, 0.2) is 0 Å². The summed E-state index contributed by atoms with van der Waals surface area (Å²) in [6.45, 7) is 0. The van der Waals surface area contributed by atoms with E-state index >= 15 is 0 Å². The lowest BCUT2D eigenvalue weighted by molar-refractivity contribution is 1.17. The molecule has 0 aliphatic heterocycles. The molecule has 2 heterocycles. The summed E-state index contributed by atoms with van der Waals surface area (Å²) in [6, 6.07) is 5.26. The van der Waals surface area contributed by atoms with E-state index in [-0.39, 0.29) is 5.82 Å². The van der Waals surface area contributed by atoms with Crippen molar-refractivity contribution in [2.24, 2.45) is 0 Å². The van der Waals surface area contributed by atoms with Crippen molar-refractivity contribution < 1.29 is 0 Å². The van der Waals surface area contributed by atoms with Crippen LogP contribution >= 0.6 is 0 Å². The standard InChI is InChI=1S/C10H7N5/c11-5-7-1-2-8(15-10(7)12)9-6-13-3-4-14-9/h1-4,6H,(H2,12,15). The first-order chi connectivity index (χ1) is 7.31. The Kier molecular flexibility index (Phi) is 2.25. The second-order valence-corrected chi connectivity index (χ2v) is 2.83. The summed E-state index contributed by atoms with van der Waals surface area (Å²) >= 11 is 0. The minimum Gasteiger partial charge on any atom is -0.383 e. The smallest absolute Gasteiger partial charge is 0.142 e. The third-order valence-corrected chi connectivity index (χ3v) is 1.87. The molecule has 0 saturated heterocycles. The Morgan fingerprint density at radius 3 is 2.67 bits per heavy atom. The normalized spacial score (nSPS) is 9.53. The van der Waals surface area contributed by atoms with Crippen molar-refractivity contribution in [2.75, 3.05) is 5.73 Å². The molecule has 0 aromatic carbocycles. The molecule has 0 unspecified atom stereocenters. The van der Waals surface area contributed by atoms with Crippen molar-refractivity contribution in [1.29, 1.82) is 5.26 Å². The fraction of sp³-hybridized carbons (Fsp3) is 0. The second kappa shape index (κ2) is 3.72. The SMILES string of the molecule is N#Cc1ccc(-c2cnccn2)nc1N. The molecule has 0 radical (unpaired) electrons. The second-order valence-electron chi connectivity index (χ2n) is 2.83. The molecule has 0 aliphatic carbocycles. The zero-order valence-electron chi connectivity index (χ0n) is 7.75. The van der Waals surface area contributed by atoms with Crippen LogP contribution in [-0.4, -0.2) is 15.0 Å². The number of nitrogens with two attached hydrogens (primary N) is 1. The van der Waals surface area contributed by atoms with Crippen molar-refractivity contribution in [3.63, 3.8) is 0 Å². The van der Waals surface area contributed by atoms with Crippen molar-refractivity contribution in [1.82, 2.24) is 15.0 Å². The highest BCUT2D eigenvalue weighted by atomic mass is 14.9. The lowest BCUT2D eigenvalue weighted by atomic mass is 10.2. The molecule has 0 saturated carbocycles. The van der Waals surface area contributed by atoms with Gasteiger partial charge in [0.25, 0.3) is 0 Å². The zero-order valence-corrected chi connectivity index (χ0v) is 7.75. The van der Waals surface area contributed by atoms with E-state index in [0.717, 1.165) is 0 Å². The van der Waals surface area contributed by atoms with Crippen molar-refractivity contribution in [3.8, 4) is 17.5 Å². The molecule has 0 atom stereocenters. The maximum atomic E-state index is 8.68. The average Bonchev–Trinajstić information content (AvgIpc) is 2.30. The lowest BCUT2D eigenvalue weighted by Gasteiger charge is -2.01. The number of hydrogen-bond donors (Lipinski definition) is 1. The third-order valence-electron chi connectivity index (χ3n) is 1.87. The maximum absolute atomic E-state index is 8.68. The molecule has 0 amide bonds. The Balaban J connectivity index is 2.49. The highest BCUT2D eigenvalue weighted by Gasteiger charge is 2.04. The summed E-state index contributed by atoms with van der Waals surface area (Å²) in [4.78, 5) is 12.1. The molecular formula is C10H7N5. The number of nitrogens with zero attached hydrogens (tertiary/aromatic N) is 4. The van der Waals surface area contributed by atoms with Gasteiger partial charge in [-0.15, -0.1) is 0 Å². The first-order valence-electron chi connectivity index (χ1n) is 4.24. The van der Waals surface area contributed by atoms with Gasteiger partial charge in [-0.3, -0.25) is 9.97 Å². The fourth-order valence-corrected chi connectivity index (χ4v) is 1.14. The van der Waals surface area contributed by atoms with Gasteiger partial charge >= 0.3 is 0 Å². The molecule has 2 aromatic heterocycles. The third kappa shape index (κ3) is 1.74. The summed E-state index contributed by atoms with van der Waals surface area (Å²) in [5, 5.41) is 8.68. The summed E-state index contributed by atoms with van der Waals surface area (Å²) < 4.78 is 0. The molecule has 2 aromatic rings. The lowest BCUT2D eigenvalue weighted by Crippen LogP contribution is -1.97. The predicted octanol–water partition coefficient (Wildman–Crippen LogP) is 0.992. The van der Waals surface area contributed by atoms with Crippen LogP contribution in [0.2, 0.25) is 0 Å². The molecule has 0 aliphatic rings. The van der Waals surface area contributed by atoms with E-state index in [2.05, 4.69) is 15.0 Å². The van der Waals surface area contributed by atoms with Crippen molar-refractivity contribution in [3.05, 3.63) is 36.3 Å². The molecule has 5 heteroatoms. The van der Waals surface area contributed by atoms with Crippen LogP contribution in [0.25, 0.3) is 11.4 Å². The first kappa shape index (κ1) is 9.09. The van der Waals surface area contributed by atoms with Crippen LogP contribution in [0, 0.1) is 11.3 Å². The molecule has 0 fully saturated rings. The molecular weight excluding hydrogens is 190 g/mol. The van der Waals surface area contributed by atoms with Crippen LogP contribution < -0.4 is 5.73 Å². The summed E-state index contributed by atoms with van der Waals surface area (Å²) in [6.07, 6.45) is 4.75. The largest absolute Gasteiger partial charge is 0.383 e. The van der Waals surface area contributed by atoms with Gasteiger partial charge in [-0.2, -0.15) is 5.26 Å². The number of rotatable bonds is 1. The molecule has 2 rings (SSSR count). The van der Waals surface area contributed by atoms with Crippen LogP contribution in [-0.2, 0) is 0 Å². The number of aromatic nitrogens is 3. The van der Waals surface area contributed by atoms with Gasteiger partial charge in [0.2, 0.25) is 0 Å². The zero-order chi connectivity index (χ0) is 10.7. The van der Waals surface area contributed by atoms with E-state index in [4.69, 9.17) is 11.0 Å². The van der Waals surface area contributed by atoms with E-state index in [1.165, 1.54) is 0 Å². The minimum atomic E-state index is 0.209. The van der Waals surface area contributed by atoms with E-state index < -0.39 is 0 Å². The minimum absolute atomic E-state index is 0.209. The predicted molar refractivity (Wildman–Crippen MR) is 54.4 cm³/mol. The van der Waals surface area contributed by atoms with Gasteiger partial charge in [0, 0.05) is 12.4 Å². The summed E-state index contributed by atoms with van der Waals surface area (Å²) in [7, 11) is 0. The average molecular weight is 197 g/mol. The van der Waals surface area contributed by atoms with Crippen LogP contribution in [0.15, 0.2) is 30.7 Å². The number of pyridine rings is 1. The van der Waals surface area contributed by atoms with Gasteiger partial charge in [-0.05, 0) is 12.1 Å². The monoisotopic (exact) mass is 197 g/mol. The highest BCUT2D eigenvalue weighted by molar-refractivity contribution is 5.59. The van der Waals surface area contributed by atoms with E-state index in [1.807, 2.05) is 6.07 Å². The van der Waals surface area contributed by atoms with Crippen molar-refractivity contribution in [2.45, 2.75) is 0 Å². The Morgan fingerprint density at radius 1 is 1.20 bits per heavy atom. The van der Waals surface area contributed by atoms with E-state index in [1.54, 1.807) is 30.7 Å². The Hall–Kier alpha value is -2.48.